The number of amides is 1. The quantitative estimate of drug-likeness (QED) is 0.670. The molecule has 2 N–H and O–H groups in total. The van der Waals surface area contributed by atoms with Gasteiger partial charge in [0.05, 0.1) is 19.9 Å². The summed E-state index contributed by atoms with van der Waals surface area (Å²) in [5.74, 6) is 1.49. The molecule has 0 aliphatic heterocycles. The number of benzene rings is 2. The highest BCUT2D eigenvalue weighted by Gasteiger charge is 2.11. The molecule has 0 aliphatic rings. The van der Waals surface area contributed by atoms with Crippen molar-refractivity contribution in [1.29, 1.82) is 0 Å². The summed E-state index contributed by atoms with van der Waals surface area (Å²) in [6.45, 7) is 0.429. The molecule has 3 rings (SSSR count). The standard InChI is InChI=1S/C20H20N4O3/c1-26-15-8-9-16(18(10-15)27-2)24-19-11-17(22-13-23-19)20(25)21-12-14-6-4-3-5-7-14/h3-11,13H,12H2,1-2H3,(H,21,25)(H,22,23,24). The first-order valence-electron chi connectivity index (χ1n) is 8.33. The summed E-state index contributed by atoms with van der Waals surface area (Å²) in [4.78, 5) is 20.6. The molecule has 0 fully saturated rings. The van der Waals surface area contributed by atoms with Gasteiger partial charge in [0.15, 0.2) is 0 Å². The number of ether oxygens (including phenoxy) is 2. The summed E-state index contributed by atoms with van der Waals surface area (Å²) >= 11 is 0. The van der Waals surface area contributed by atoms with Crippen LogP contribution >= 0.6 is 0 Å². The van der Waals surface area contributed by atoms with Crippen LogP contribution in [-0.4, -0.2) is 30.1 Å². The van der Waals surface area contributed by atoms with Crippen molar-refractivity contribution in [3.63, 3.8) is 0 Å². The third kappa shape index (κ3) is 4.72. The van der Waals surface area contributed by atoms with E-state index in [2.05, 4.69) is 20.6 Å². The molecule has 27 heavy (non-hydrogen) atoms. The summed E-state index contributed by atoms with van der Waals surface area (Å²) in [5, 5.41) is 5.98. The molecule has 7 nitrogen and oxygen atoms in total. The molecule has 2 aromatic carbocycles. The zero-order chi connectivity index (χ0) is 19.1. The highest BCUT2D eigenvalue weighted by Crippen LogP contribution is 2.30. The average molecular weight is 364 g/mol. The monoisotopic (exact) mass is 364 g/mol. The average Bonchev–Trinajstić information content (AvgIpc) is 2.73. The van der Waals surface area contributed by atoms with Gasteiger partial charge < -0.3 is 20.1 Å². The molecule has 0 atom stereocenters. The molecule has 1 heterocycles. The van der Waals surface area contributed by atoms with Crippen LogP contribution in [0.3, 0.4) is 0 Å². The fourth-order valence-corrected chi connectivity index (χ4v) is 2.46. The van der Waals surface area contributed by atoms with Crippen molar-refractivity contribution in [2.45, 2.75) is 6.54 Å². The molecule has 0 bridgehead atoms. The van der Waals surface area contributed by atoms with Crippen LogP contribution < -0.4 is 20.1 Å². The fourth-order valence-electron chi connectivity index (χ4n) is 2.46. The molecule has 3 aromatic rings. The first kappa shape index (κ1) is 18.2. The van der Waals surface area contributed by atoms with E-state index in [1.807, 2.05) is 36.4 Å². The molecule has 1 aromatic heterocycles. The van der Waals surface area contributed by atoms with Crippen molar-refractivity contribution in [3.8, 4) is 11.5 Å². The van der Waals surface area contributed by atoms with Crippen molar-refractivity contribution in [3.05, 3.63) is 72.2 Å². The Morgan fingerprint density at radius 1 is 1.00 bits per heavy atom. The minimum Gasteiger partial charge on any atom is -0.497 e. The fraction of sp³-hybridized carbons (Fsp3) is 0.150. The number of hydrogen-bond donors (Lipinski definition) is 2. The van der Waals surface area contributed by atoms with Crippen molar-refractivity contribution < 1.29 is 14.3 Å². The lowest BCUT2D eigenvalue weighted by Gasteiger charge is -2.12. The van der Waals surface area contributed by atoms with Gasteiger partial charge in [0.2, 0.25) is 0 Å². The lowest BCUT2D eigenvalue weighted by atomic mass is 10.2. The number of aromatic nitrogens is 2. The van der Waals surface area contributed by atoms with Crippen molar-refractivity contribution in [2.75, 3.05) is 19.5 Å². The van der Waals surface area contributed by atoms with Crippen LogP contribution in [0.25, 0.3) is 0 Å². The van der Waals surface area contributed by atoms with E-state index in [9.17, 15) is 4.79 Å². The zero-order valence-electron chi connectivity index (χ0n) is 15.1. The number of rotatable bonds is 7. The number of methoxy groups -OCH3 is 2. The normalized spacial score (nSPS) is 10.1. The third-order valence-electron chi connectivity index (χ3n) is 3.87. The maximum atomic E-state index is 12.4. The lowest BCUT2D eigenvalue weighted by molar-refractivity contribution is 0.0946. The van der Waals surface area contributed by atoms with Crippen LogP contribution in [-0.2, 0) is 6.54 Å². The van der Waals surface area contributed by atoms with Crippen LogP contribution in [0.2, 0.25) is 0 Å². The Morgan fingerprint density at radius 3 is 2.56 bits per heavy atom. The second kappa shape index (κ2) is 8.66. The lowest BCUT2D eigenvalue weighted by Crippen LogP contribution is -2.24. The summed E-state index contributed by atoms with van der Waals surface area (Å²) in [6, 6.07) is 16.6. The van der Waals surface area contributed by atoms with Gasteiger partial charge in [-0.1, -0.05) is 30.3 Å². The van der Waals surface area contributed by atoms with E-state index in [0.717, 1.165) is 5.56 Å². The van der Waals surface area contributed by atoms with Crippen LogP contribution in [0, 0.1) is 0 Å². The zero-order valence-corrected chi connectivity index (χ0v) is 15.1. The molecule has 0 radical (unpaired) electrons. The second-order valence-corrected chi connectivity index (χ2v) is 5.65. The maximum absolute atomic E-state index is 12.4. The number of carbonyl (C=O) groups excluding carboxylic acids is 1. The van der Waals surface area contributed by atoms with E-state index in [1.165, 1.54) is 6.33 Å². The largest absolute Gasteiger partial charge is 0.497 e. The van der Waals surface area contributed by atoms with Gasteiger partial charge in [-0.3, -0.25) is 4.79 Å². The molecule has 138 valence electrons. The molecular formula is C20H20N4O3. The van der Waals surface area contributed by atoms with Crippen molar-refractivity contribution in [2.24, 2.45) is 0 Å². The SMILES string of the molecule is COc1ccc(Nc2cc(C(=O)NCc3ccccc3)ncn2)c(OC)c1. The predicted molar refractivity (Wildman–Crippen MR) is 102 cm³/mol. The minimum absolute atomic E-state index is 0.272. The smallest absolute Gasteiger partial charge is 0.270 e. The van der Waals surface area contributed by atoms with Crippen LogP contribution in [0.5, 0.6) is 11.5 Å². The van der Waals surface area contributed by atoms with E-state index < -0.39 is 0 Å². The van der Waals surface area contributed by atoms with E-state index in [-0.39, 0.29) is 11.6 Å². The number of anilines is 2. The highest BCUT2D eigenvalue weighted by atomic mass is 16.5. The molecule has 7 heteroatoms. The first-order chi connectivity index (χ1) is 13.2. The van der Waals surface area contributed by atoms with Crippen LogP contribution in [0.15, 0.2) is 60.9 Å². The number of nitrogens with one attached hydrogen (secondary N) is 2. The molecule has 1 amide bonds. The topological polar surface area (TPSA) is 85.4 Å². The van der Waals surface area contributed by atoms with Crippen molar-refractivity contribution >= 4 is 17.4 Å². The molecule has 0 unspecified atom stereocenters. The Labute approximate surface area is 157 Å². The van der Waals surface area contributed by atoms with E-state index >= 15 is 0 Å². The van der Waals surface area contributed by atoms with E-state index in [4.69, 9.17) is 9.47 Å². The summed E-state index contributed by atoms with van der Waals surface area (Å²) in [6.07, 6.45) is 1.34. The summed E-state index contributed by atoms with van der Waals surface area (Å²) in [7, 11) is 3.16. The Morgan fingerprint density at radius 2 is 1.81 bits per heavy atom. The summed E-state index contributed by atoms with van der Waals surface area (Å²) < 4.78 is 10.5. The Balaban J connectivity index is 1.71. The molecule has 0 spiro atoms. The van der Waals surface area contributed by atoms with Crippen LogP contribution in [0.4, 0.5) is 11.5 Å². The van der Waals surface area contributed by atoms with Gasteiger partial charge in [-0.25, -0.2) is 9.97 Å². The van der Waals surface area contributed by atoms with E-state index in [0.29, 0.717) is 29.5 Å². The van der Waals surface area contributed by atoms with Gasteiger partial charge in [-0.05, 0) is 17.7 Å². The Bertz CT molecular complexity index is 916. The molecule has 0 saturated heterocycles. The van der Waals surface area contributed by atoms with Gasteiger partial charge >= 0.3 is 0 Å². The maximum Gasteiger partial charge on any atom is 0.270 e. The molecule has 0 aliphatic carbocycles. The van der Waals surface area contributed by atoms with Gasteiger partial charge in [0, 0.05) is 18.7 Å². The van der Waals surface area contributed by atoms with Gasteiger partial charge in [0.25, 0.3) is 5.91 Å². The number of hydrogen-bond acceptors (Lipinski definition) is 6. The highest BCUT2D eigenvalue weighted by molar-refractivity contribution is 5.93. The minimum atomic E-state index is -0.272. The number of nitrogens with zero attached hydrogens (tertiary/aromatic N) is 2. The third-order valence-corrected chi connectivity index (χ3v) is 3.87. The van der Waals surface area contributed by atoms with Gasteiger partial charge in [-0.2, -0.15) is 0 Å². The van der Waals surface area contributed by atoms with Crippen LogP contribution in [0.1, 0.15) is 16.1 Å². The van der Waals surface area contributed by atoms with Gasteiger partial charge in [-0.15, -0.1) is 0 Å². The van der Waals surface area contributed by atoms with E-state index in [1.54, 1.807) is 32.4 Å². The van der Waals surface area contributed by atoms with Crippen molar-refractivity contribution in [1.82, 2.24) is 15.3 Å². The Kier molecular flexibility index (Phi) is 5.84. The van der Waals surface area contributed by atoms with Gasteiger partial charge in [0.1, 0.15) is 29.3 Å². The molecule has 0 saturated carbocycles. The number of carbonyl (C=O) groups is 1. The predicted octanol–water partition coefficient (Wildman–Crippen LogP) is 3.17. The molecular weight excluding hydrogens is 344 g/mol. The second-order valence-electron chi connectivity index (χ2n) is 5.65. The first-order valence-corrected chi connectivity index (χ1v) is 8.33. The summed E-state index contributed by atoms with van der Waals surface area (Å²) in [5.41, 5.74) is 1.99. The Hall–Kier alpha value is -3.61.